The van der Waals surface area contributed by atoms with Gasteiger partial charge in [0, 0.05) is 18.8 Å². The molecule has 0 amide bonds. The number of nitrogens with zero attached hydrogens (tertiary/aromatic N) is 1. The Labute approximate surface area is 119 Å². The molecule has 0 fully saturated rings. The van der Waals surface area contributed by atoms with Crippen molar-refractivity contribution in [3.8, 4) is 0 Å². The van der Waals surface area contributed by atoms with E-state index in [1.54, 1.807) is 43.9 Å². The summed E-state index contributed by atoms with van der Waals surface area (Å²) in [6.07, 6.45) is 1.27. The smallest absolute Gasteiger partial charge is 0.243 e. The molecule has 1 N–H and O–H groups in total. The molecule has 0 bridgehead atoms. The molecule has 0 aromatic heterocycles. The molecule has 0 spiro atoms. The van der Waals surface area contributed by atoms with Gasteiger partial charge in [0.05, 0.1) is 11.0 Å². The van der Waals surface area contributed by atoms with E-state index in [9.17, 15) is 13.5 Å². The first-order valence-electron chi connectivity index (χ1n) is 6.05. The third-order valence-corrected chi connectivity index (χ3v) is 5.83. The zero-order valence-electron chi connectivity index (χ0n) is 11.7. The second-order valence-corrected chi connectivity index (χ2v) is 7.48. The average molecular weight is 303 g/mol. The Hall–Kier alpha value is -0.560. The highest BCUT2D eigenvalue weighted by molar-refractivity contribution is 7.98. The van der Waals surface area contributed by atoms with Crippen molar-refractivity contribution in [3.63, 3.8) is 0 Å². The van der Waals surface area contributed by atoms with E-state index in [0.29, 0.717) is 5.56 Å². The van der Waals surface area contributed by atoms with Gasteiger partial charge in [0.25, 0.3) is 0 Å². The van der Waals surface area contributed by atoms with Gasteiger partial charge < -0.3 is 5.11 Å². The first-order chi connectivity index (χ1) is 8.80. The molecule has 1 aromatic carbocycles. The van der Waals surface area contributed by atoms with Gasteiger partial charge in [-0.1, -0.05) is 12.1 Å². The summed E-state index contributed by atoms with van der Waals surface area (Å²) in [7, 11) is -1.92. The van der Waals surface area contributed by atoms with E-state index in [2.05, 4.69) is 0 Å². The highest BCUT2D eigenvalue weighted by atomic mass is 32.2. The Bertz CT molecular complexity index is 514. The lowest BCUT2D eigenvalue weighted by Gasteiger charge is -2.24. The van der Waals surface area contributed by atoms with Crippen LogP contribution < -0.4 is 0 Å². The zero-order valence-corrected chi connectivity index (χ0v) is 13.3. The molecule has 1 aromatic rings. The van der Waals surface area contributed by atoms with Crippen LogP contribution in [0.25, 0.3) is 0 Å². The van der Waals surface area contributed by atoms with Crippen LogP contribution in [0.15, 0.2) is 29.2 Å². The van der Waals surface area contributed by atoms with Gasteiger partial charge >= 0.3 is 0 Å². The largest absolute Gasteiger partial charge is 0.389 e. The van der Waals surface area contributed by atoms with Gasteiger partial charge in [-0.25, -0.2) is 8.42 Å². The summed E-state index contributed by atoms with van der Waals surface area (Å²) in [6.45, 7) is 3.50. The van der Waals surface area contributed by atoms with Crippen LogP contribution in [-0.2, 0) is 10.0 Å². The summed E-state index contributed by atoms with van der Waals surface area (Å²) in [4.78, 5) is 0.223. The van der Waals surface area contributed by atoms with Crippen molar-refractivity contribution in [2.24, 2.45) is 0 Å². The minimum absolute atomic E-state index is 0.0739. The quantitative estimate of drug-likeness (QED) is 0.874. The molecule has 2 atom stereocenters. The minimum Gasteiger partial charge on any atom is -0.389 e. The van der Waals surface area contributed by atoms with Gasteiger partial charge in [-0.05, 0) is 37.8 Å². The summed E-state index contributed by atoms with van der Waals surface area (Å²) >= 11 is 1.61. The van der Waals surface area contributed by atoms with Crippen LogP contribution in [0.2, 0.25) is 0 Å². The first-order valence-corrected chi connectivity index (χ1v) is 8.89. The van der Waals surface area contributed by atoms with Crippen LogP contribution in [0.1, 0.15) is 25.5 Å². The van der Waals surface area contributed by atoms with E-state index in [4.69, 9.17) is 0 Å². The second kappa shape index (κ2) is 6.74. The predicted molar refractivity (Wildman–Crippen MR) is 79.9 cm³/mol. The Morgan fingerprint density at radius 2 is 2.00 bits per heavy atom. The molecule has 1 rings (SSSR count). The predicted octanol–water partition coefficient (Wildman–Crippen LogP) is 2.11. The molecular weight excluding hydrogens is 282 g/mol. The Morgan fingerprint density at radius 1 is 1.37 bits per heavy atom. The summed E-state index contributed by atoms with van der Waals surface area (Å²) in [5.41, 5.74) is 0.604. The number of hydrogen-bond acceptors (Lipinski definition) is 4. The van der Waals surface area contributed by atoms with Gasteiger partial charge in [-0.3, -0.25) is 0 Å². The van der Waals surface area contributed by atoms with Crippen molar-refractivity contribution < 1.29 is 13.5 Å². The standard InChI is InChI=1S/C13H21NO3S2/c1-10(9-18-4)14(3)19(16,17)13-7-5-6-12(8-13)11(2)15/h5-8,10-11,15H,9H2,1-4H3. The monoisotopic (exact) mass is 303 g/mol. The molecule has 0 heterocycles. The van der Waals surface area contributed by atoms with Gasteiger partial charge in [0.15, 0.2) is 0 Å². The maximum atomic E-state index is 12.5. The van der Waals surface area contributed by atoms with E-state index in [1.807, 2.05) is 13.2 Å². The molecule has 0 aliphatic rings. The molecule has 0 radical (unpaired) electrons. The van der Waals surface area contributed by atoms with E-state index in [0.717, 1.165) is 5.75 Å². The van der Waals surface area contributed by atoms with E-state index in [-0.39, 0.29) is 10.9 Å². The Morgan fingerprint density at radius 3 is 2.53 bits per heavy atom. The summed E-state index contributed by atoms with van der Waals surface area (Å²) < 4.78 is 26.3. The van der Waals surface area contributed by atoms with Gasteiger partial charge in [0.2, 0.25) is 10.0 Å². The van der Waals surface area contributed by atoms with E-state index < -0.39 is 16.1 Å². The molecule has 19 heavy (non-hydrogen) atoms. The normalized spacial score (nSPS) is 15.5. The summed E-state index contributed by atoms with van der Waals surface area (Å²) in [5.74, 6) is 0.742. The average Bonchev–Trinajstić information content (AvgIpc) is 2.38. The van der Waals surface area contributed by atoms with Gasteiger partial charge in [0.1, 0.15) is 0 Å². The Balaban J connectivity index is 3.09. The van der Waals surface area contributed by atoms with Crippen molar-refractivity contribution >= 4 is 21.8 Å². The fraction of sp³-hybridized carbons (Fsp3) is 0.538. The van der Waals surface area contributed by atoms with E-state index >= 15 is 0 Å². The van der Waals surface area contributed by atoms with E-state index in [1.165, 1.54) is 10.4 Å². The summed E-state index contributed by atoms with van der Waals surface area (Å²) in [6, 6.07) is 6.39. The third kappa shape index (κ3) is 3.95. The SMILES string of the molecule is CSCC(C)N(C)S(=O)(=O)c1cccc(C(C)O)c1. The highest BCUT2D eigenvalue weighted by Crippen LogP contribution is 2.21. The number of hydrogen-bond donors (Lipinski definition) is 1. The Kier molecular flexibility index (Phi) is 5.85. The van der Waals surface area contributed by atoms with Crippen LogP contribution >= 0.6 is 11.8 Å². The van der Waals surface area contributed by atoms with Crippen LogP contribution in [-0.4, -0.2) is 42.9 Å². The lowest BCUT2D eigenvalue weighted by atomic mass is 10.1. The molecule has 0 aliphatic carbocycles. The number of sulfonamides is 1. The molecule has 0 saturated heterocycles. The molecule has 0 aliphatic heterocycles. The fourth-order valence-corrected chi connectivity index (χ4v) is 3.90. The lowest BCUT2D eigenvalue weighted by molar-refractivity contribution is 0.199. The molecular formula is C13H21NO3S2. The lowest BCUT2D eigenvalue weighted by Crippen LogP contribution is -2.36. The second-order valence-electron chi connectivity index (χ2n) is 4.57. The zero-order chi connectivity index (χ0) is 14.6. The van der Waals surface area contributed by atoms with Gasteiger partial charge in [-0.2, -0.15) is 16.1 Å². The molecule has 108 valence electrons. The van der Waals surface area contributed by atoms with Crippen LogP contribution in [0.4, 0.5) is 0 Å². The molecule has 4 nitrogen and oxygen atoms in total. The fourth-order valence-electron chi connectivity index (χ4n) is 1.68. The minimum atomic E-state index is -3.51. The number of benzene rings is 1. The number of rotatable bonds is 6. The van der Waals surface area contributed by atoms with Crippen LogP contribution in [0.3, 0.4) is 0 Å². The maximum Gasteiger partial charge on any atom is 0.243 e. The van der Waals surface area contributed by atoms with Crippen molar-refractivity contribution in [1.29, 1.82) is 0 Å². The first kappa shape index (κ1) is 16.5. The van der Waals surface area contributed by atoms with Crippen molar-refractivity contribution in [2.45, 2.75) is 30.9 Å². The van der Waals surface area contributed by atoms with Crippen LogP contribution in [0.5, 0.6) is 0 Å². The van der Waals surface area contributed by atoms with Crippen molar-refractivity contribution in [1.82, 2.24) is 4.31 Å². The van der Waals surface area contributed by atoms with Crippen molar-refractivity contribution in [3.05, 3.63) is 29.8 Å². The number of aliphatic hydroxyl groups excluding tert-OH is 1. The number of thioether (sulfide) groups is 1. The molecule has 6 heteroatoms. The third-order valence-electron chi connectivity index (χ3n) is 3.05. The van der Waals surface area contributed by atoms with Gasteiger partial charge in [-0.15, -0.1) is 0 Å². The number of aliphatic hydroxyl groups is 1. The van der Waals surface area contributed by atoms with Crippen LogP contribution in [0, 0.1) is 0 Å². The van der Waals surface area contributed by atoms with Crippen molar-refractivity contribution in [2.75, 3.05) is 19.1 Å². The molecule has 0 saturated carbocycles. The maximum absolute atomic E-state index is 12.5. The molecule has 2 unspecified atom stereocenters. The topological polar surface area (TPSA) is 57.6 Å². The summed E-state index contributed by atoms with van der Waals surface area (Å²) in [5, 5.41) is 9.53. The highest BCUT2D eigenvalue weighted by Gasteiger charge is 2.25.